The minimum atomic E-state index is -0.557. The Morgan fingerprint density at radius 1 is 1.07 bits per heavy atom. The van der Waals surface area contributed by atoms with Crippen LogP contribution >= 0.6 is 0 Å². The maximum absolute atomic E-state index is 14.0. The molecule has 2 aromatic carbocycles. The van der Waals surface area contributed by atoms with Crippen molar-refractivity contribution < 1.29 is 18.7 Å². The van der Waals surface area contributed by atoms with Gasteiger partial charge in [-0.1, -0.05) is 12.1 Å². The highest BCUT2D eigenvalue weighted by Gasteiger charge is 2.29. The largest absolute Gasteiger partial charge is 0.497 e. The summed E-state index contributed by atoms with van der Waals surface area (Å²) in [5, 5.41) is 0.655. The number of para-hydroxylation sites is 1. The summed E-state index contributed by atoms with van der Waals surface area (Å²) >= 11 is 0. The van der Waals surface area contributed by atoms with E-state index in [1.165, 1.54) is 11.0 Å². The fraction of sp³-hybridized carbons (Fsp3) is 0.238. The SMILES string of the molecule is COc1ccc2[nH]cc(C(=O)C(=O)N3CCN(c4ccccc4F)CC3)c2c1. The average Bonchev–Trinajstić information content (AvgIpc) is 3.16. The van der Waals surface area contributed by atoms with Gasteiger partial charge in [-0.25, -0.2) is 4.39 Å². The highest BCUT2D eigenvalue weighted by molar-refractivity contribution is 6.44. The minimum Gasteiger partial charge on any atom is -0.497 e. The molecule has 0 spiro atoms. The summed E-state index contributed by atoms with van der Waals surface area (Å²) in [7, 11) is 1.55. The number of piperazine rings is 1. The van der Waals surface area contributed by atoms with Crippen LogP contribution in [0.2, 0.25) is 0 Å². The molecule has 0 saturated carbocycles. The average molecular weight is 381 g/mol. The maximum atomic E-state index is 14.0. The van der Waals surface area contributed by atoms with E-state index in [9.17, 15) is 14.0 Å². The maximum Gasteiger partial charge on any atom is 0.295 e. The van der Waals surface area contributed by atoms with Crippen LogP contribution < -0.4 is 9.64 Å². The van der Waals surface area contributed by atoms with Gasteiger partial charge in [0.15, 0.2) is 0 Å². The molecule has 3 aromatic rings. The first-order chi connectivity index (χ1) is 13.6. The summed E-state index contributed by atoms with van der Waals surface area (Å²) in [4.78, 5) is 32.0. The Kier molecular flexibility index (Phi) is 4.73. The number of aromatic nitrogens is 1. The minimum absolute atomic E-state index is 0.286. The molecule has 1 aliphatic rings. The molecule has 0 radical (unpaired) electrons. The number of H-pyrrole nitrogens is 1. The number of hydrogen-bond donors (Lipinski definition) is 1. The van der Waals surface area contributed by atoms with Crippen LogP contribution in [0, 0.1) is 5.82 Å². The van der Waals surface area contributed by atoms with Gasteiger partial charge in [-0.3, -0.25) is 9.59 Å². The molecule has 0 atom stereocenters. The summed E-state index contributed by atoms with van der Waals surface area (Å²) in [6, 6.07) is 11.9. The lowest BCUT2D eigenvalue weighted by Crippen LogP contribution is -2.50. The number of fused-ring (bicyclic) bond motifs is 1. The number of aromatic amines is 1. The summed E-state index contributed by atoms with van der Waals surface area (Å²) in [6.07, 6.45) is 1.56. The second kappa shape index (κ2) is 7.34. The molecule has 0 bridgehead atoms. The Hall–Kier alpha value is -3.35. The molecule has 1 aromatic heterocycles. The first-order valence-electron chi connectivity index (χ1n) is 9.06. The molecule has 6 nitrogen and oxygen atoms in total. The number of Topliss-reactive ketones (excluding diaryl/α,β-unsaturated/α-hetero) is 1. The standard InChI is InChI=1S/C21H20FN3O3/c1-28-14-6-7-18-15(12-14)16(13-23-18)20(26)21(27)25-10-8-24(9-11-25)19-5-3-2-4-17(19)22/h2-7,12-13,23H,8-11H2,1H3. The molecule has 28 heavy (non-hydrogen) atoms. The van der Waals surface area contributed by atoms with Crippen LogP contribution in [0.25, 0.3) is 10.9 Å². The number of nitrogens with zero attached hydrogens (tertiary/aromatic N) is 2. The highest BCUT2D eigenvalue weighted by Crippen LogP contribution is 2.25. The zero-order chi connectivity index (χ0) is 19.7. The number of nitrogens with one attached hydrogen (secondary N) is 1. The second-order valence-electron chi connectivity index (χ2n) is 6.67. The van der Waals surface area contributed by atoms with Crippen molar-refractivity contribution in [1.82, 2.24) is 9.88 Å². The number of benzene rings is 2. The molecule has 1 saturated heterocycles. The molecule has 4 rings (SSSR count). The number of halogens is 1. The number of hydrogen-bond acceptors (Lipinski definition) is 4. The number of ketones is 1. The molecule has 1 N–H and O–H groups in total. The van der Waals surface area contributed by atoms with Gasteiger partial charge in [0.2, 0.25) is 0 Å². The number of carbonyl (C=O) groups excluding carboxylic acids is 2. The van der Waals surface area contributed by atoms with Gasteiger partial charge in [-0.05, 0) is 30.3 Å². The molecular formula is C21H20FN3O3. The van der Waals surface area contributed by atoms with Crippen molar-refractivity contribution in [2.75, 3.05) is 38.2 Å². The number of carbonyl (C=O) groups is 2. The van der Waals surface area contributed by atoms with Gasteiger partial charge in [0, 0.05) is 43.3 Å². The Balaban J connectivity index is 1.48. The molecule has 1 amide bonds. The van der Waals surface area contributed by atoms with Crippen LogP contribution in [0.5, 0.6) is 5.75 Å². The van der Waals surface area contributed by atoms with Crippen molar-refractivity contribution in [3.63, 3.8) is 0 Å². The van der Waals surface area contributed by atoms with E-state index in [0.29, 0.717) is 48.6 Å². The molecule has 2 heterocycles. The molecule has 7 heteroatoms. The molecular weight excluding hydrogens is 361 g/mol. The summed E-state index contributed by atoms with van der Waals surface area (Å²) in [5.74, 6) is -0.769. The zero-order valence-electron chi connectivity index (χ0n) is 15.4. The Labute approximate surface area is 161 Å². The van der Waals surface area contributed by atoms with Gasteiger partial charge in [0.05, 0.1) is 18.4 Å². The number of amides is 1. The fourth-order valence-corrected chi connectivity index (χ4v) is 3.53. The highest BCUT2D eigenvalue weighted by atomic mass is 19.1. The predicted octanol–water partition coefficient (Wildman–Crippen LogP) is 2.85. The van der Waals surface area contributed by atoms with Crippen LogP contribution in [-0.2, 0) is 4.79 Å². The van der Waals surface area contributed by atoms with Gasteiger partial charge in [-0.15, -0.1) is 0 Å². The summed E-state index contributed by atoms with van der Waals surface area (Å²) in [5.41, 5.74) is 1.61. The lowest BCUT2D eigenvalue weighted by atomic mass is 10.1. The Morgan fingerprint density at radius 2 is 1.82 bits per heavy atom. The first kappa shape index (κ1) is 18.0. The third kappa shape index (κ3) is 3.19. The van der Waals surface area contributed by atoms with E-state index in [0.717, 1.165) is 5.52 Å². The number of anilines is 1. The molecule has 0 unspecified atom stereocenters. The van der Waals surface area contributed by atoms with E-state index in [2.05, 4.69) is 4.98 Å². The van der Waals surface area contributed by atoms with Crippen LogP contribution in [-0.4, -0.2) is 54.9 Å². The van der Waals surface area contributed by atoms with Crippen molar-refractivity contribution in [2.24, 2.45) is 0 Å². The van der Waals surface area contributed by atoms with Crippen LogP contribution in [0.15, 0.2) is 48.7 Å². The third-order valence-corrected chi connectivity index (χ3v) is 5.09. The summed E-state index contributed by atoms with van der Waals surface area (Å²) < 4.78 is 19.2. The van der Waals surface area contributed by atoms with Gasteiger partial charge < -0.3 is 19.5 Å². The Bertz CT molecular complexity index is 1040. The van der Waals surface area contributed by atoms with Crippen molar-refractivity contribution in [2.45, 2.75) is 0 Å². The van der Waals surface area contributed by atoms with Crippen molar-refractivity contribution >= 4 is 28.3 Å². The van der Waals surface area contributed by atoms with Gasteiger partial charge in [-0.2, -0.15) is 0 Å². The van der Waals surface area contributed by atoms with E-state index < -0.39 is 11.7 Å². The smallest absolute Gasteiger partial charge is 0.295 e. The number of rotatable bonds is 4. The third-order valence-electron chi connectivity index (χ3n) is 5.09. The monoisotopic (exact) mass is 381 g/mol. The number of methoxy groups -OCH3 is 1. The fourth-order valence-electron chi connectivity index (χ4n) is 3.53. The van der Waals surface area contributed by atoms with Gasteiger partial charge in [0.1, 0.15) is 11.6 Å². The predicted molar refractivity (Wildman–Crippen MR) is 104 cm³/mol. The molecule has 1 aliphatic heterocycles. The zero-order valence-corrected chi connectivity index (χ0v) is 15.4. The number of ether oxygens (including phenoxy) is 1. The molecule has 1 fully saturated rings. The lowest BCUT2D eigenvalue weighted by molar-refractivity contribution is -0.126. The van der Waals surface area contributed by atoms with Crippen LogP contribution in [0.1, 0.15) is 10.4 Å². The van der Waals surface area contributed by atoms with Crippen molar-refractivity contribution in [3.8, 4) is 5.75 Å². The van der Waals surface area contributed by atoms with E-state index in [4.69, 9.17) is 4.74 Å². The summed E-state index contributed by atoms with van der Waals surface area (Å²) in [6.45, 7) is 1.68. The van der Waals surface area contributed by atoms with Gasteiger partial charge >= 0.3 is 0 Å². The molecule has 144 valence electrons. The van der Waals surface area contributed by atoms with Gasteiger partial charge in [0.25, 0.3) is 11.7 Å². The van der Waals surface area contributed by atoms with Crippen molar-refractivity contribution in [1.29, 1.82) is 0 Å². The lowest BCUT2D eigenvalue weighted by Gasteiger charge is -2.35. The van der Waals surface area contributed by atoms with Crippen LogP contribution in [0.4, 0.5) is 10.1 Å². The molecule has 0 aliphatic carbocycles. The van der Waals surface area contributed by atoms with E-state index in [1.807, 2.05) is 11.0 Å². The second-order valence-corrected chi connectivity index (χ2v) is 6.67. The van der Waals surface area contributed by atoms with Crippen molar-refractivity contribution in [3.05, 3.63) is 60.0 Å². The normalized spacial score (nSPS) is 14.4. The Morgan fingerprint density at radius 3 is 2.54 bits per heavy atom. The van der Waals surface area contributed by atoms with Crippen LogP contribution in [0.3, 0.4) is 0 Å². The topological polar surface area (TPSA) is 65.6 Å². The van der Waals surface area contributed by atoms with E-state index in [-0.39, 0.29) is 5.82 Å². The van der Waals surface area contributed by atoms with E-state index in [1.54, 1.807) is 43.6 Å². The quantitative estimate of drug-likeness (QED) is 0.558. The van der Waals surface area contributed by atoms with E-state index >= 15 is 0 Å². The first-order valence-corrected chi connectivity index (χ1v) is 9.06.